The number of aryl methyl sites for hydroxylation is 1. The number of carbonyl (C=O) groups is 2. The molecule has 0 fully saturated rings. The predicted octanol–water partition coefficient (Wildman–Crippen LogP) is 6.28. The first kappa shape index (κ1) is 29.4. The van der Waals surface area contributed by atoms with Crippen LogP contribution in [0.4, 0.5) is 5.82 Å². The molecule has 0 unspecified atom stereocenters. The zero-order chi connectivity index (χ0) is 27.7. The van der Waals surface area contributed by atoms with E-state index in [9.17, 15) is 9.59 Å². The van der Waals surface area contributed by atoms with Crippen molar-refractivity contribution < 1.29 is 14.3 Å². The maximum atomic E-state index is 13.4. The third kappa shape index (κ3) is 7.92. The number of para-hydroxylation sites is 1. The standard InChI is InChI=1S/C30H39ClN4O3/c1-6-7-11-22-14-16-23(17-15-22)29(37)34(18-10-19-38-5)21-28(36)32-27-20-26(30(2,3)4)33-35(27)25-13-9-8-12-24(25)31/h8-9,12-17,20H,6-7,10-11,18-19,21H2,1-5H3,(H,32,36). The van der Waals surface area contributed by atoms with E-state index in [0.717, 1.165) is 25.0 Å². The van der Waals surface area contributed by atoms with Gasteiger partial charge in [0.15, 0.2) is 0 Å². The molecule has 2 amide bonds. The molecule has 3 aromatic rings. The molecule has 2 aromatic carbocycles. The summed E-state index contributed by atoms with van der Waals surface area (Å²) in [5.74, 6) is -0.00475. The van der Waals surface area contributed by atoms with Crippen molar-refractivity contribution in [3.05, 3.63) is 76.4 Å². The van der Waals surface area contributed by atoms with Crippen LogP contribution in [0.3, 0.4) is 0 Å². The number of rotatable bonds is 12. The number of benzene rings is 2. The summed E-state index contributed by atoms with van der Waals surface area (Å²) in [5.41, 5.74) is 3.00. The van der Waals surface area contributed by atoms with Gasteiger partial charge >= 0.3 is 0 Å². The second kappa shape index (κ2) is 13.6. The summed E-state index contributed by atoms with van der Waals surface area (Å²) in [4.78, 5) is 28.2. The largest absolute Gasteiger partial charge is 0.385 e. The van der Waals surface area contributed by atoms with E-state index in [4.69, 9.17) is 21.4 Å². The highest BCUT2D eigenvalue weighted by Gasteiger charge is 2.24. The smallest absolute Gasteiger partial charge is 0.254 e. The topological polar surface area (TPSA) is 76.5 Å². The van der Waals surface area contributed by atoms with E-state index in [1.54, 1.807) is 22.8 Å². The fraction of sp³-hybridized carbons (Fsp3) is 0.433. The lowest BCUT2D eigenvalue weighted by atomic mass is 9.92. The number of hydrogen-bond acceptors (Lipinski definition) is 4. The van der Waals surface area contributed by atoms with Crippen LogP contribution >= 0.6 is 11.6 Å². The molecule has 0 spiro atoms. The third-order valence-corrected chi connectivity index (χ3v) is 6.56. The SMILES string of the molecule is CCCCc1ccc(C(=O)N(CCCOC)CC(=O)Nc2cc(C(C)(C)C)nn2-c2ccccc2Cl)cc1. The van der Waals surface area contributed by atoms with Crippen LogP contribution in [0, 0.1) is 0 Å². The second-order valence-corrected chi connectivity index (χ2v) is 10.9. The molecule has 0 aliphatic carbocycles. The average molecular weight is 539 g/mol. The summed E-state index contributed by atoms with van der Waals surface area (Å²) in [6, 6.07) is 16.9. The molecule has 8 heteroatoms. The Bertz CT molecular complexity index is 1210. The first-order chi connectivity index (χ1) is 18.1. The minimum atomic E-state index is -0.316. The zero-order valence-corrected chi connectivity index (χ0v) is 23.8. The molecule has 1 aromatic heterocycles. The minimum absolute atomic E-state index is 0.0985. The number of amides is 2. The highest BCUT2D eigenvalue weighted by atomic mass is 35.5. The fourth-order valence-corrected chi connectivity index (χ4v) is 4.24. The molecule has 0 bridgehead atoms. The first-order valence-corrected chi connectivity index (χ1v) is 13.5. The summed E-state index contributed by atoms with van der Waals surface area (Å²) < 4.78 is 6.83. The van der Waals surface area contributed by atoms with Crippen molar-refractivity contribution in [2.45, 2.75) is 58.8 Å². The molecule has 0 aliphatic rings. The van der Waals surface area contributed by atoms with Gasteiger partial charge in [0.1, 0.15) is 12.4 Å². The van der Waals surface area contributed by atoms with E-state index in [-0.39, 0.29) is 23.8 Å². The van der Waals surface area contributed by atoms with Gasteiger partial charge in [-0.25, -0.2) is 4.68 Å². The summed E-state index contributed by atoms with van der Waals surface area (Å²) in [5, 5.41) is 8.22. The van der Waals surface area contributed by atoms with E-state index < -0.39 is 0 Å². The van der Waals surface area contributed by atoms with Crippen molar-refractivity contribution >= 4 is 29.2 Å². The van der Waals surface area contributed by atoms with Crippen LogP contribution in [0.2, 0.25) is 5.02 Å². The lowest BCUT2D eigenvalue weighted by Crippen LogP contribution is -2.39. The number of nitrogens with zero attached hydrogens (tertiary/aromatic N) is 3. The summed E-state index contributed by atoms with van der Waals surface area (Å²) in [6.45, 7) is 9.12. The molecule has 1 heterocycles. The Morgan fingerprint density at radius 2 is 1.79 bits per heavy atom. The van der Waals surface area contributed by atoms with Crippen LogP contribution in [0.1, 0.15) is 68.6 Å². The van der Waals surface area contributed by atoms with Gasteiger partial charge in [-0.2, -0.15) is 5.10 Å². The molecule has 0 atom stereocenters. The van der Waals surface area contributed by atoms with Crippen LogP contribution in [-0.4, -0.2) is 53.3 Å². The Hall–Kier alpha value is -3.16. The molecule has 204 valence electrons. The summed E-state index contributed by atoms with van der Waals surface area (Å²) >= 11 is 6.46. The van der Waals surface area contributed by atoms with Crippen molar-refractivity contribution in [3.8, 4) is 5.69 Å². The number of halogens is 1. The molecular formula is C30H39ClN4O3. The highest BCUT2D eigenvalue weighted by Crippen LogP contribution is 2.29. The fourth-order valence-electron chi connectivity index (χ4n) is 4.03. The number of anilines is 1. The Kier molecular flexibility index (Phi) is 10.5. The van der Waals surface area contributed by atoms with E-state index in [2.05, 4.69) is 33.0 Å². The summed E-state index contributed by atoms with van der Waals surface area (Å²) in [6.07, 6.45) is 3.84. The van der Waals surface area contributed by atoms with Crippen molar-refractivity contribution in [1.29, 1.82) is 0 Å². The van der Waals surface area contributed by atoms with E-state index >= 15 is 0 Å². The Balaban J connectivity index is 1.82. The van der Waals surface area contributed by atoms with Gasteiger partial charge in [0, 0.05) is 37.3 Å². The van der Waals surface area contributed by atoms with E-state index in [1.165, 1.54) is 5.56 Å². The Labute approximate surface area is 231 Å². The number of unbranched alkanes of at least 4 members (excludes halogenated alkanes) is 1. The van der Waals surface area contributed by atoms with E-state index in [0.29, 0.717) is 41.7 Å². The molecule has 0 saturated heterocycles. The quantitative estimate of drug-likeness (QED) is 0.275. The maximum absolute atomic E-state index is 13.4. The maximum Gasteiger partial charge on any atom is 0.254 e. The number of nitrogens with one attached hydrogen (secondary N) is 1. The van der Waals surface area contributed by atoms with Crippen LogP contribution in [0.15, 0.2) is 54.6 Å². The van der Waals surface area contributed by atoms with Crippen molar-refractivity contribution in [3.63, 3.8) is 0 Å². The van der Waals surface area contributed by atoms with Crippen LogP contribution < -0.4 is 5.32 Å². The number of methoxy groups -OCH3 is 1. The molecule has 3 rings (SSSR count). The van der Waals surface area contributed by atoms with Gasteiger partial charge in [-0.3, -0.25) is 9.59 Å². The molecule has 0 saturated carbocycles. The normalized spacial score (nSPS) is 11.4. The van der Waals surface area contributed by atoms with Gasteiger partial charge < -0.3 is 15.0 Å². The minimum Gasteiger partial charge on any atom is -0.385 e. The van der Waals surface area contributed by atoms with Crippen molar-refractivity contribution in [2.75, 3.05) is 32.1 Å². The molecule has 7 nitrogen and oxygen atoms in total. The van der Waals surface area contributed by atoms with Gasteiger partial charge in [0.05, 0.1) is 16.4 Å². The van der Waals surface area contributed by atoms with Gasteiger partial charge in [-0.15, -0.1) is 0 Å². The first-order valence-electron chi connectivity index (χ1n) is 13.2. The third-order valence-electron chi connectivity index (χ3n) is 6.24. The van der Waals surface area contributed by atoms with Crippen LogP contribution in [-0.2, 0) is 21.4 Å². The van der Waals surface area contributed by atoms with E-state index in [1.807, 2.05) is 48.5 Å². The Morgan fingerprint density at radius 1 is 1.08 bits per heavy atom. The lowest BCUT2D eigenvalue weighted by Gasteiger charge is -2.22. The average Bonchev–Trinajstić information content (AvgIpc) is 3.31. The number of hydrogen-bond donors (Lipinski definition) is 1. The highest BCUT2D eigenvalue weighted by molar-refractivity contribution is 6.32. The molecular weight excluding hydrogens is 500 g/mol. The van der Waals surface area contributed by atoms with Crippen molar-refractivity contribution in [2.24, 2.45) is 0 Å². The molecule has 38 heavy (non-hydrogen) atoms. The van der Waals surface area contributed by atoms with Crippen molar-refractivity contribution in [1.82, 2.24) is 14.7 Å². The number of ether oxygens (including phenoxy) is 1. The van der Waals surface area contributed by atoms with Crippen LogP contribution in [0.5, 0.6) is 0 Å². The molecule has 0 aliphatic heterocycles. The number of carbonyl (C=O) groups excluding carboxylic acids is 2. The van der Waals surface area contributed by atoms with Gasteiger partial charge in [-0.05, 0) is 49.1 Å². The molecule has 1 N–H and O–H groups in total. The summed E-state index contributed by atoms with van der Waals surface area (Å²) in [7, 11) is 1.62. The second-order valence-electron chi connectivity index (χ2n) is 10.4. The zero-order valence-electron chi connectivity index (χ0n) is 23.1. The van der Waals surface area contributed by atoms with Crippen LogP contribution in [0.25, 0.3) is 5.69 Å². The Morgan fingerprint density at radius 3 is 2.42 bits per heavy atom. The van der Waals surface area contributed by atoms with Gasteiger partial charge in [0.2, 0.25) is 5.91 Å². The predicted molar refractivity (Wildman–Crippen MR) is 153 cm³/mol. The van der Waals surface area contributed by atoms with Gasteiger partial charge in [0.25, 0.3) is 5.91 Å². The van der Waals surface area contributed by atoms with Gasteiger partial charge in [-0.1, -0.05) is 70.0 Å². The number of aromatic nitrogens is 2. The molecule has 0 radical (unpaired) electrons. The lowest BCUT2D eigenvalue weighted by molar-refractivity contribution is -0.117. The monoisotopic (exact) mass is 538 g/mol.